The minimum Gasteiger partial charge on any atom is -0.443 e. The van der Waals surface area contributed by atoms with Crippen molar-refractivity contribution in [1.82, 2.24) is 10.4 Å². The van der Waals surface area contributed by atoms with Crippen LogP contribution in [0.2, 0.25) is 0 Å². The van der Waals surface area contributed by atoms with Gasteiger partial charge in [-0.1, -0.05) is 60.7 Å². The normalized spacial score (nSPS) is 14.7. The molecule has 6 heteroatoms. The standard InChI is InChI=1S/C25H37N3O3/c1-19(15-16-20-11-7-5-8-12-20)28(27-24(30)31-25(2,3)4)18-23(29)22(26)17-21-13-9-6-10-14-21/h5-14,19,22-23,29H,15-18,26H2,1-4H3,(H,27,30). The molecule has 4 N–H and O–H groups in total. The van der Waals surface area contributed by atoms with Crippen LogP contribution < -0.4 is 11.2 Å². The maximum absolute atomic E-state index is 12.4. The minimum atomic E-state index is -0.811. The van der Waals surface area contributed by atoms with Crippen molar-refractivity contribution >= 4 is 6.09 Å². The third-order valence-corrected chi connectivity index (χ3v) is 5.05. The van der Waals surface area contributed by atoms with Crippen LogP contribution in [0, 0.1) is 0 Å². The topological polar surface area (TPSA) is 87.8 Å². The lowest BCUT2D eigenvalue weighted by Crippen LogP contribution is -2.55. The van der Waals surface area contributed by atoms with Crippen molar-refractivity contribution in [3.05, 3.63) is 71.8 Å². The first-order chi connectivity index (χ1) is 14.6. The molecule has 0 aliphatic carbocycles. The Balaban J connectivity index is 2.01. The molecule has 3 unspecified atom stereocenters. The number of rotatable bonds is 10. The van der Waals surface area contributed by atoms with Gasteiger partial charge < -0.3 is 15.6 Å². The number of aryl methyl sites for hydroxylation is 1. The molecule has 0 bridgehead atoms. The van der Waals surface area contributed by atoms with Crippen LogP contribution in [0.4, 0.5) is 4.79 Å². The Kier molecular flexibility index (Phi) is 9.49. The predicted molar refractivity (Wildman–Crippen MR) is 124 cm³/mol. The van der Waals surface area contributed by atoms with E-state index in [-0.39, 0.29) is 12.6 Å². The predicted octanol–water partition coefficient (Wildman–Crippen LogP) is 3.68. The molecule has 0 fully saturated rings. The van der Waals surface area contributed by atoms with Gasteiger partial charge >= 0.3 is 6.09 Å². The van der Waals surface area contributed by atoms with Gasteiger partial charge in [-0.05, 0) is 58.1 Å². The van der Waals surface area contributed by atoms with Crippen LogP contribution in [0.25, 0.3) is 0 Å². The van der Waals surface area contributed by atoms with E-state index in [2.05, 4.69) is 17.6 Å². The third kappa shape index (κ3) is 9.51. The molecule has 0 saturated heterocycles. The Morgan fingerprint density at radius 2 is 1.61 bits per heavy atom. The van der Waals surface area contributed by atoms with Gasteiger partial charge in [-0.2, -0.15) is 0 Å². The fraction of sp³-hybridized carbons (Fsp3) is 0.480. The number of hydrazine groups is 1. The number of carbonyl (C=O) groups is 1. The highest BCUT2D eigenvalue weighted by Gasteiger charge is 2.25. The first kappa shape index (κ1) is 24.9. The number of aliphatic hydroxyl groups excluding tert-OH is 1. The van der Waals surface area contributed by atoms with E-state index in [0.29, 0.717) is 6.42 Å². The summed E-state index contributed by atoms with van der Waals surface area (Å²) >= 11 is 0. The fourth-order valence-corrected chi connectivity index (χ4v) is 3.29. The summed E-state index contributed by atoms with van der Waals surface area (Å²) in [7, 11) is 0. The number of nitrogens with zero attached hydrogens (tertiary/aromatic N) is 1. The van der Waals surface area contributed by atoms with Crippen LogP contribution in [0.5, 0.6) is 0 Å². The first-order valence-corrected chi connectivity index (χ1v) is 10.9. The van der Waals surface area contributed by atoms with Gasteiger partial charge in [0.15, 0.2) is 0 Å². The van der Waals surface area contributed by atoms with Crippen LogP contribution in [-0.4, -0.2) is 46.5 Å². The molecular formula is C25H37N3O3. The van der Waals surface area contributed by atoms with E-state index < -0.39 is 23.8 Å². The molecule has 0 heterocycles. The van der Waals surface area contributed by atoms with Gasteiger partial charge in [0.25, 0.3) is 0 Å². The van der Waals surface area contributed by atoms with Gasteiger partial charge in [0, 0.05) is 18.6 Å². The molecule has 2 aromatic rings. The van der Waals surface area contributed by atoms with Crippen molar-refractivity contribution in [2.75, 3.05) is 6.54 Å². The number of hydrogen-bond acceptors (Lipinski definition) is 5. The molecule has 0 aliphatic heterocycles. The molecule has 0 aliphatic rings. The van der Waals surface area contributed by atoms with E-state index in [0.717, 1.165) is 18.4 Å². The number of nitrogens with one attached hydrogen (secondary N) is 1. The van der Waals surface area contributed by atoms with Gasteiger partial charge in [0.1, 0.15) is 5.60 Å². The lowest BCUT2D eigenvalue weighted by molar-refractivity contribution is 0.00649. The van der Waals surface area contributed by atoms with E-state index in [1.165, 1.54) is 5.56 Å². The number of aliphatic hydroxyl groups is 1. The van der Waals surface area contributed by atoms with Crippen LogP contribution in [0.3, 0.4) is 0 Å². The summed E-state index contributed by atoms with van der Waals surface area (Å²) in [4.78, 5) is 12.4. The second-order valence-corrected chi connectivity index (χ2v) is 9.06. The average Bonchev–Trinajstić information content (AvgIpc) is 2.71. The van der Waals surface area contributed by atoms with E-state index in [4.69, 9.17) is 10.5 Å². The van der Waals surface area contributed by atoms with Crippen molar-refractivity contribution < 1.29 is 14.6 Å². The summed E-state index contributed by atoms with van der Waals surface area (Å²) < 4.78 is 5.41. The van der Waals surface area contributed by atoms with Gasteiger partial charge in [0.2, 0.25) is 0 Å². The molecule has 31 heavy (non-hydrogen) atoms. The number of carbonyl (C=O) groups excluding carboxylic acids is 1. The van der Waals surface area contributed by atoms with Crippen LogP contribution >= 0.6 is 0 Å². The van der Waals surface area contributed by atoms with Crippen molar-refractivity contribution in [3.8, 4) is 0 Å². The van der Waals surface area contributed by atoms with Crippen LogP contribution in [0.1, 0.15) is 45.2 Å². The Labute approximate surface area is 186 Å². The number of benzene rings is 2. The number of hydrogen-bond donors (Lipinski definition) is 3. The second kappa shape index (κ2) is 11.8. The van der Waals surface area contributed by atoms with Crippen molar-refractivity contribution in [3.63, 3.8) is 0 Å². The molecule has 0 radical (unpaired) electrons. The number of amides is 1. The molecule has 0 spiro atoms. The molecule has 2 rings (SSSR count). The molecule has 0 saturated carbocycles. The molecule has 6 nitrogen and oxygen atoms in total. The number of nitrogens with two attached hydrogens (primary N) is 1. The summed E-state index contributed by atoms with van der Waals surface area (Å²) in [6, 6.07) is 19.6. The maximum Gasteiger partial charge on any atom is 0.422 e. The maximum atomic E-state index is 12.4. The molecule has 0 aromatic heterocycles. The Morgan fingerprint density at radius 1 is 1.06 bits per heavy atom. The fourth-order valence-electron chi connectivity index (χ4n) is 3.29. The van der Waals surface area contributed by atoms with Crippen LogP contribution in [-0.2, 0) is 17.6 Å². The lowest BCUT2D eigenvalue weighted by Gasteiger charge is -2.33. The summed E-state index contributed by atoms with van der Waals surface area (Å²) in [6.45, 7) is 7.69. The van der Waals surface area contributed by atoms with E-state index in [9.17, 15) is 9.90 Å². The Morgan fingerprint density at radius 3 is 2.16 bits per heavy atom. The van der Waals surface area contributed by atoms with Crippen LogP contribution in [0.15, 0.2) is 60.7 Å². The molecule has 2 aromatic carbocycles. The van der Waals surface area contributed by atoms with Gasteiger partial charge in [0.05, 0.1) is 6.10 Å². The molecule has 3 atom stereocenters. The summed E-state index contributed by atoms with van der Waals surface area (Å²) in [6.07, 6.45) is 0.874. The monoisotopic (exact) mass is 427 g/mol. The molecule has 170 valence electrons. The summed E-state index contributed by atoms with van der Waals surface area (Å²) in [5.41, 5.74) is 10.8. The minimum absolute atomic E-state index is 0.0219. The zero-order valence-corrected chi connectivity index (χ0v) is 19.1. The zero-order valence-electron chi connectivity index (χ0n) is 19.1. The van der Waals surface area contributed by atoms with Crippen molar-refractivity contribution in [2.45, 2.75) is 70.7 Å². The van der Waals surface area contributed by atoms with Gasteiger partial charge in [-0.25, -0.2) is 9.80 Å². The SMILES string of the molecule is CC(CCc1ccccc1)N(CC(O)C(N)Cc1ccccc1)NC(=O)OC(C)(C)C. The zero-order chi connectivity index (χ0) is 22.9. The van der Waals surface area contributed by atoms with E-state index in [1.54, 1.807) is 5.01 Å². The average molecular weight is 428 g/mol. The number of ether oxygens (including phenoxy) is 1. The Hall–Kier alpha value is -2.41. The molecule has 1 amide bonds. The smallest absolute Gasteiger partial charge is 0.422 e. The summed E-state index contributed by atoms with van der Waals surface area (Å²) in [5, 5.41) is 12.5. The third-order valence-electron chi connectivity index (χ3n) is 5.05. The highest BCUT2D eigenvalue weighted by molar-refractivity contribution is 5.67. The van der Waals surface area contributed by atoms with E-state index >= 15 is 0 Å². The first-order valence-electron chi connectivity index (χ1n) is 10.9. The van der Waals surface area contributed by atoms with Gasteiger partial charge in [-0.3, -0.25) is 5.43 Å². The lowest BCUT2D eigenvalue weighted by atomic mass is 10.0. The van der Waals surface area contributed by atoms with Crippen molar-refractivity contribution in [1.29, 1.82) is 0 Å². The largest absolute Gasteiger partial charge is 0.443 e. The highest BCUT2D eigenvalue weighted by atomic mass is 16.6. The highest BCUT2D eigenvalue weighted by Crippen LogP contribution is 2.13. The second-order valence-electron chi connectivity index (χ2n) is 9.06. The van der Waals surface area contributed by atoms with E-state index in [1.807, 2.05) is 76.2 Å². The molecular weight excluding hydrogens is 390 g/mol. The quantitative estimate of drug-likeness (QED) is 0.504. The summed E-state index contributed by atoms with van der Waals surface area (Å²) in [5.74, 6) is 0. The van der Waals surface area contributed by atoms with Crippen molar-refractivity contribution in [2.24, 2.45) is 5.73 Å². The van der Waals surface area contributed by atoms with Gasteiger partial charge in [-0.15, -0.1) is 0 Å². The Bertz CT molecular complexity index is 778.